The molecule has 0 aliphatic heterocycles. The van der Waals surface area contributed by atoms with Crippen molar-refractivity contribution in [3.63, 3.8) is 0 Å². The van der Waals surface area contributed by atoms with Gasteiger partial charge < -0.3 is 15.0 Å². The van der Waals surface area contributed by atoms with E-state index in [0.29, 0.717) is 0 Å². The molecular formula is C13H18N2O. The van der Waals surface area contributed by atoms with Gasteiger partial charge in [-0.3, -0.25) is 0 Å². The molecule has 0 spiro atoms. The molecule has 0 unspecified atom stereocenters. The molecule has 16 heavy (non-hydrogen) atoms. The Kier molecular flexibility index (Phi) is 3.97. The highest BCUT2D eigenvalue weighted by atomic mass is 16.5. The molecule has 86 valence electrons. The fraction of sp³-hybridized carbons (Fsp3) is 0.385. The summed E-state index contributed by atoms with van der Waals surface area (Å²) in [6.07, 6.45) is 3.04. The van der Waals surface area contributed by atoms with Crippen molar-refractivity contribution in [2.45, 2.75) is 6.42 Å². The van der Waals surface area contributed by atoms with Crippen molar-refractivity contribution in [1.82, 2.24) is 10.3 Å². The summed E-state index contributed by atoms with van der Waals surface area (Å²) in [5.41, 5.74) is 2.53. The van der Waals surface area contributed by atoms with Crippen LogP contribution in [0.4, 0.5) is 0 Å². The molecular weight excluding hydrogens is 200 g/mol. The van der Waals surface area contributed by atoms with E-state index in [2.05, 4.69) is 34.7 Å². The molecule has 0 aliphatic rings. The van der Waals surface area contributed by atoms with Crippen molar-refractivity contribution in [3.05, 3.63) is 36.0 Å². The van der Waals surface area contributed by atoms with Gasteiger partial charge in [-0.15, -0.1) is 0 Å². The normalized spacial score (nSPS) is 11.1. The van der Waals surface area contributed by atoms with E-state index < -0.39 is 0 Å². The molecule has 1 aromatic heterocycles. The predicted molar refractivity (Wildman–Crippen MR) is 66.7 cm³/mol. The number of hydrogen-bond acceptors (Lipinski definition) is 2. The summed E-state index contributed by atoms with van der Waals surface area (Å²) < 4.78 is 5.52. The Morgan fingerprint density at radius 2 is 2.12 bits per heavy atom. The number of fused-ring (bicyclic) bond motifs is 1. The molecule has 0 aliphatic carbocycles. The first kappa shape index (κ1) is 11.2. The smallest absolute Gasteiger partial charge is 0.0590 e. The van der Waals surface area contributed by atoms with Crippen LogP contribution in [0.5, 0.6) is 0 Å². The van der Waals surface area contributed by atoms with Crippen LogP contribution in [0.1, 0.15) is 5.56 Å². The Balaban J connectivity index is 1.89. The van der Waals surface area contributed by atoms with Crippen LogP contribution < -0.4 is 5.32 Å². The van der Waals surface area contributed by atoms with Crippen molar-refractivity contribution in [2.24, 2.45) is 0 Å². The summed E-state index contributed by atoms with van der Waals surface area (Å²) in [6.45, 7) is 2.47. The van der Waals surface area contributed by atoms with Gasteiger partial charge in [-0.2, -0.15) is 0 Å². The molecule has 3 heteroatoms. The highest BCUT2D eigenvalue weighted by Crippen LogP contribution is 2.17. The number of ether oxygens (including phenoxy) is 1. The monoisotopic (exact) mass is 218 g/mol. The maximum atomic E-state index is 5.52. The summed E-state index contributed by atoms with van der Waals surface area (Å²) in [5.74, 6) is 0. The quantitative estimate of drug-likeness (QED) is 0.727. The number of hydrogen-bond donors (Lipinski definition) is 2. The third-order valence-corrected chi connectivity index (χ3v) is 2.69. The van der Waals surface area contributed by atoms with Crippen LogP contribution in [0.25, 0.3) is 10.9 Å². The highest BCUT2D eigenvalue weighted by Gasteiger charge is 2.01. The highest BCUT2D eigenvalue weighted by molar-refractivity contribution is 5.82. The van der Waals surface area contributed by atoms with Gasteiger partial charge in [-0.05, 0) is 25.1 Å². The van der Waals surface area contributed by atoms with Gasteiger partial charge in [-0.1, -0.05) is 18.2 Å². The van der Waals surface area contributed by atoms with Crippen molar-refractivity contribution >= 4 is 10.9 Å². The first-order chi connectivity index (χ1) is 7.92. The fourth-order valence-electron chi connectivity index (χ4n) is 1.80. The lowest BCUT2D eigenvalue weighted by atomic mass is 10.1. The van der Waals surface area contributed by atoms with Gasteiger partial charge in [0.2, 0.25) is 0 Å². The second kappa shape index (κ2) is 5.68. The van der Waals surface area contributed by atoms with E-state index in [1.807, 2.05) is 13.1 Å². The first-order valence-electron chi connectivity index (χ1n) is 5.69. The maximum Gasteiger partial charge on any atom is 0.0590 e. The molecule has 0 radical (unpaired) electrons. The molecule has 2 N–H and O–H groups in total. The number of para-hydroxylation sites is 1. The Hall–Kier alpha value is -1.32. The van der Waals surface area contributed by atoms with Crippen LogP contribution in [-0.2, 0) is 11.2 Å². The number of nitrogens with one attached hydrogen (secondary N) is 2. The Morgan fingerprint density at radius 1 is 1.25 bits per heavy atom. The molecule has 0 saturated heterocycles. The molecule has 0 saturated carbocycles. The van der Waals surface area contributed by atoms with E-state index in [4.69, 9.17) is 4.74 Å². The molecule has 1 aromatic carbocycles. The van der Waals surface area contributed by atoms with Crippen molar-refractivity contribution in [2.75, 3.05) is 26.8 Å². The molecule has 3 nitrogen and oxygen atoms in total. The third-order valence-electron chi connectivity index (χ3n) is 2.69. The van der Waals surface area contributed by atoms with E-state index in [0.717, 1.165) is 26.2 Å². The van der Waals surface area contributed by atoms with E-state index in [-0.39, 0.29) is 0 Å². The molecule has 2 aromatic rings. The van der Waals surface area contributed by atoms with Gasteiger partial charge in [0.25, 0.3) is 0 Å². The SMILES string of the molecule is CNCCOCCc1c[nH]c2ccccc12. The lowest BCUT2D eigenvalue weighted by Gasteiger charge is -2.02. The molecule has 0 amide bonds. The number of likely N-dealkylation sites (N-methyl/N-ethyl adjacent to an activating group) is 1. The van der Waals surface area contributed by atoms with Crippen molar-refractivity contribution < 1.29 is 4.74 Å². The summed E-state index contributed by atoms with van der Waals surface area (Å²) in [7, 11) is 1.93. The summed E-state index contributed by atoms with van der Waals surface area (Å²) in [5, 5.41) is 4.37. The van der Waals surface area contributed by atoms with Crippen LogP contribution in [0.2, 0.25) is 0 Å². The van der Waals surface area contributed by atoms with Gasteiger partial charge in [0.1, 0.15) is 0 Å². The minimum Gasteiger partial charge on any atom is -0.380 e. The summed E-state index contributed by atoms with van der Waals surface area (Å²) >= 11 is 0. The number of aromatic nitrogens is 1. The lowest BCUT2D eigenvalue weighted by molar-refractivity contribution is 0.140. The van der Waals surface area contributed by atoms with Crippen molar-refractivity contribution in [3.8, 4) is 0 Å². The Labute approximate surface area is 95.8 Å². The van der Waals surface area contributed by atoms with Crippen molar-refractivity contribution in [1.29, 1.82) is 0 Å². The first-order valence-corrected chi connectivity index (χ1v) is 5.69. The number of H-pyrrole nitrogens is 1. The summed E-state index contributed by atoms with van der Waals surface area (Å²) in [6, 6.07) is 8.36. The van der Waals surface area contributed by atoms with Gasteiger partial charge in [-0.25, -0.2) is 0 Å². The zero-order chi connectivity index (χ0) is 11.2. The van der Waals surface area contributed by atoms with Gasteiger partial charge in [0, 0.05) is 23.6 Å². The van der Waals surface area contributed by atoms with E-state index in [1.54, 1.807) is 0 Å². The Bertz CT molecular complexity index is 436. The number of aromatic amines is 1. The van der Waals surface area contributed by atoms with Crippen LogP contribution in [0, 0.1) is 0 Å². The average Bonchev–Trinajstić information content (AvgIpc) is 2.73. The second-order valence-electron chi connectivity index (χ2n) is 3.83. The van der Waals surface area contributed by atoms with Crippen LogP contribution in [0.15, 0.2) is 30.5 Å². The number of rotatable bonds is 6. The molecule has 0 atom stereocenters. The second-order valence-corrected chi connectivity index (χ2v) is 3.83. The van der Waals surface area contributed by atoms with Crippen LogP contribution >= 0.6 is 0 Å². The van der Waals surface area contributed by atoms with Crippen LogP contribution in [-0.4, -0.2) is 31.8 Å². The largest absolute Gasteiger partial charge is 0.380 e. The minimum atomic E-state index is 0.777. The minimum absolute atomic E-state index is 0.777. The van der Waals surface area contributed by atoms with E-state index >= 15 is 0 Å². The van der Waals surface area contributed by atoms with Gasteiger partial charge in [0.15, 0.2) is 0 Å². The fourth-order valence-corrected chi connectivity index (χ4v) is 1.80. The number of benzene rings is 1. The molecule has 0 bridgehead atoms. The zero-order valence-corrected chi connectivity index (χ0v) is 9.62. The van der Waals surface area contributed by atoms with Gasteiger partial charge >= 0.3 is 0 Å². The topological polar surface area (TPSA) is 37.0 Å². The average molecular weight is 218 g/mol. The zero-order valence-electron chi connectivity index (χ0n) is 9.62. The van der Waals surface area contributed by atoms with E-state index in [9.17, 15) is 0 Å². The summed E-state index contributed by atoms with van der Waals surface area (Å²) in [4.78, 5) is 3.27. The van der Waals surface area contributed by atoms with Gasteiger partial charge in [0.05, 0.1) is 13.2 Å². The molecule has 0 fully saturated rings. The Morgan fingerprint density at radius 3 is 3.00 bits per heavy atom. The lowest BCUT2D eigenvalue weighted by Crippen LogP contribution is -2.15. The molecule has 1 heterocycles. The third kappa shape index (κ3) is 2.62. The van der Waals surface area contributed by atoms with E-state index in [1.165, 1.54) is 16.5 Å². The van der Waals surface area contributed by atoms with Crippen LogP contribution in [0.3, 0.4) is 0 Å². The maximum absolute atomic E-state index is 5.52. The molecule has 2 rings (SSSR count). The predicted octanol–water partition coefficient (Wildman–Crippen LogP) is 1.95. The standard InChI is InChI=1S/C13H18N2O/c1-14-7-9-16-8-6-11-10-15-13-5-3-2-4-12(11)13/h2-5,10,14-15H,6-9H2,1H3.